The van der Waals surface area contributed by atoms with Crippen LogP contribution in [0.25, 0.3) is 0 Å². The summed E-state index contributed by atoms with van der Waals surface area (Å²) >= 11 is 5.44. The second-order valence-corrected chi connectivity index (χ2v) is 8.30. The molecule has 0 radical (unpaired) electrons. The molecule has 0 fully saturated rings. The first-order valence-corrected chi connectivity index (χ1v) is 11.0. The van der Waals surface area contributed by atoms with E-state index in [-0.39, 0.29) is 5.41 Å². The zero-order valence-corrected chi connectivity index (χ0v) is 19.4. The number of ether oxygens (including phenoxy) is 2. The lowest BCUT2D eigenvalue weighted by atomic mass is 9.82. The second kappa shape index (κ2) is 10.3. The summed E-state index contributed by atoms with van der Waals surface area (Å²) in [5, 5.41) is 6.87. The van der Waals surface area contributed by atoms with Gasteiger partial charge in [-0.1, -0.05) is 45.0 Å². The highest BCUT2D eigenvalue weighted by atomic mass is 32.1. The number of para-hydroxylation sites is 2. The van der Waals surface area contributed by atoms with Gasteiger partial charge in [-0.3, -0.25) is 0 Å². The van der Waals surface area contributed by atoms with Gasteiger partial charge in [-0.2, -0.15) is 0 Å². The Morgan fingerprint density at radius 2 is 1.45 bits per heavy atom. The first-order chi connectivity index (χ1) is 14.9. The van der Waals surface area contributed by atoms with Gasteiger partial charge in [0.2, 0.25) is 0 Å². The van der Waals surface area contributed by atoms with Crippen molar-refractivity contribution in [3.05, 3.63) is 78.4 Å². The van der Waals surface area contributed by atoms with Crippen molar-refractivity contribution < 1.29 is 9.47 Å². The minimum absolute atomic E-state index is 0.168. The smallest absolute Gasteiger partial charge is 0.175 e. The molecule has 0 spiro atoms. The van der Waals surface area contributed by atoms with Gasteiger partial charge in [0.05, 0.1) is 12.3 Å². The number of nitrogens with one attached hydrogen (secondary N) is 2. The quantitative estimate of drug-likeness (QED) is 0.362. The van der Waals surface area contributed by atoms with Crippen LogP contribution in [0.15, 0.2) is 72.8 Å². The van der Waals surface area contributed by atoms with E-state index in [9.17, 15) is 0 Å². The van der Waals surface area contributed by atoms with Gasteiger partial charge in [0.15, 0.2) is 5.11 Å². The first kappa shape index (κ1) is 22.6. The molecular formula is C26H30N2O2S. The molecule has 3 aromatic rings. The zero-order chi connectivity index (χ0) is 22.3. The van der Waals surface area contributed by atoms with Crippen molar-refractivity contribution in [2.24, 2.45) is 0 Å². The molecule has 0 aliphatic rings. The van der Waals surface area contributed by atoms with E-state index in [1.54, 1.807) is 0 Å². The summed E-state index contributed by atoms with van der Waals surface area (Å²) in [6.45, 7) is 9.27. The first-order valence-electron chi connectivity index (χ1n) is 10.6. The van der Waals surface area contributed by atoms with Crippen molar-refractivity contribution >= 4 is 28.7 Å². The van der Waals surface area contributed by atoms with Crippen LogP contribution in [0, 0.1) is 0 Å². The van der Waals surface area contributed by atoms with Crippen LogP contribution < -0.4 is 20.1 Å². The maximum absolute atomic E-state index is 5.99. The Morgan fingerprint density at radius 1 is 0.839 bits per heavy atom. The number of benzene rings is 3. The van der Waals surface area contributed by atoms with E-state index in [1.165, 1.54) is 5.56 Å². The molecule has 0 aliphatic heterocycles. The van der Waals surface area contributed by atoms with E-state index in [1.807, 2.05) is 67.6 Å². The van der Waals surface area contributed by atoms with Crippen molar-refractivity contribution in [2.45, 2.75) is 39.5 Å². The summed E-state index contributed by atoms with van der Waals surface area (Å²) in [6.07, 6.45) is 1.09. The summed E-state index contributed by atoms with van der Waals surface area (Å²) in [7, 11) is 0. The third-order valence-electron chi connectivity index (χ3n) is 5.30. The molecule has 3 rings (SSSR count). The standard InChI is InChI=1S/C26H30N2O2S/c1-5-26(3,4)19-11-15-21(16-12-19)30-22-17-13-20(14-18-22)27-25(31)28-23-9-7-8-10-24(23)29-6-2/h7-18H,5-6H2,1-4H3,(H2,27,28,31). The van der Waals surface area contributed by atoms with E-state index in [2.05, 4.69) is 43.5 Å². The fourth-order valence-electron chi connectivity index (χ4n) is 3.06. The van der Waals surface area contributed by atoms with Crippen LogP contribution in [0.4, 0.5) is 11.4 Å². The average Bonchev–Trinajstić information content (AvgIpc) is 2.77. The Kier molecular flexibility index (Phi) is 7.53. The molecule has 4 nitrogen and oxygen atoms in total. The molecule has 0 amide bonds. The lowest BCUT2D eigenvalue weighted by Crippen LogP contribution is -2.19. The number of anilines is 2. The molecule has 0 aromatic heterocycles. The largest absolute Gasteiger partial charge is 0.492 e. The number of thiocarbonyl (C=S) groups is 1. The van der Waals surface area contributed by atoms with Gasteiger partial charge in [0.1, 0.15) is 17.2 Å². The van der Waals surface area contributed by atoms with Gasteiger partial charge in [-0.05, 0) is 85.1 Å². The van der Waals surface area contributed by atoms with Crippen molar-refractivity contribution in [2.75, 3.05) is 17.2 Å². The summed E-state index contributed by atoms with van der Waals surface area (Å²) in [5.41, 5.74) is 3.19. The number of rotatable bonds is 8. The van der Waals surface area contributed by atoms with Gasteiger partial charge in [-0.25, -0.2) is 0 Å². The van der Waals surface area contributed by atoms with Gasteiger partial charge >= 0.3 is 0 Å². The highest BCUT2D eigenvalue weighted by Crippen LogP contribution is 2.30. The lowest BCUT2D eigenvalue weighted by Gasteiger charge is -2.23. The molecule has 0 unspecified atom stereocenters. The fraction of sp³-hybridized carbons (Fsp3) is 0.269. The third-order valence-corrected chi connectivity index (χ3v) is 5.51. The molecule has 162 valence electrons. The number of hydrogen-bond acceptors (Lipinski definition) is 3. The summed E-state index contributed by atoms with van der Waals surface area (Å²) in [5.74, 6) is 2.36. The van der Waals surface area contributed by atoms with Crippen molar-refractivity contribution in [3.8, 4) is 17.2 Å². The molecule has 0 saturated heterocycles. The molecule has 0 aliphatic carbocycles. The normalized spacial score (nSPS) is 11.0. The maximum atomic E-state index is 5.99. The summed E-state index contributed by atoms with van der Waals surface area (Å²) in [6, 6.07) is 23.8. The van der Waals surface area contributed by atoms with Gasteiger partial charge in [0, 0.05) is 5.69 Å². The molecule has 0 atom stereocenters. The number of hydrogen-bond donors (Lipinski definition) is 2. The van der Waals surface area contributed by atoms with Crippen LogP contribution in [0.5, 0.6) is 17.2 Å². The zero-order valence-electron chi connectivity index (χ0n) is 18.6. The lowest BCUT2D eigenvalue weighted by molar-refractivity contribution is 0.342. The molecular weight excluding hydrogens is 404 g/mol. The molecule has 0 bridgehead atoms. The van der Waals surface area contributed by atoms with Crippen LogP contribution in [-0.2, 0) is 5.41 Å². The molecule has 5 heteroatoms. The summed E-state index contributed by atoms with van der Waals surface area (Å²) < 4.78 is 11.6. The van der Waals surface area contributed by atoms with Gasteiger partial charge in [0.25, 0.3) is 0 Å². The predicted molar refractivity (Wildman–Crippen MR) is 134 cm³/mol. The Labute approximate surface area is 190 Å². The summed E-state index contributed by atoms with van der Waals surface area (Å²) in [4.78, 5) is 0. The Hall–Kier alpha value is -3.05. The van der Waals surface area contributed by atoms with E-state index < -0.39 is 0 Å². The Balaban J connectivity index is 1.58. The van der Waals surface area contributed by atoms with Crippen LogP contribution in [0.1, 0.15) is 39.7 Å². The Bertz CT molecular complexity index is 999. The van der Waals surface area contributed by atoms with Gasteiger partial charge < -0.3 is 20.1 Å². The van der Waals surface area contributed by atoms with Gasteiger partial charge in [-0.15, -0.1) is 0 Å². The molecule has 2 N–H and O–H groups in total. The van der Waals surface area contributed by atoms with E-state index in [4.69, 9.17) is 21.7 Å². The van der Waals surface area contributed by atoms with Crippen molar-refractivity contribution in [1.82, 2.24) is 0 Å². The maximum Gasteiger partial charge on any atom is 0.175 e. The van der Waals surface area contributed by atoms with Crippen LogP contribution >= 0.6 is 12.2 Å². The SMILES string of the molecule is CCOc1ccccc1NC(=S)Nc1ccc(Oc2ccc(C(C)(C)CC)cc2)cc1. The molecule has 3 aromatic carbocycles. The monoisotopic (exact) mass is 434 g/mol. The van der Waals surface area contributed by atoms with Crippen LogP contribution in [0.3, 0.4) is 0 Å². The van der Waals surface area contributed by atoms with Crippen LogP contribution in [-0.4, -0.2) is 11.7 Å². The predicted octanol–water partition coefficient (Wildman–Crippen LogP) is 7.37. The van der Waals surface area contributed by atoms with E-state index >= 15 is 0 Å². The molecule has 31 heavy (non-hydrogen) atoms. The van der Waals surface area contributed by atoms with Crippen molar-refractivity contribution in [3.63, 3.8) is 0 Å². The van der Waals surface area contributed by atoms with E-state index in [0.29, 0.717) is 11.7 Å². The Morgan fingerprint density at radius 3 is 2.06 bits per heavy atom. The highest BCUT2D eigenvalue weighted by Gasteiger charge is 2.17. The van der Waals surface area contributed by atoms with E-state index in [0.717, 1.165) is 35.0 Å². The van der Waals surface area contributed by atoms with Crippen molar-refractivity contribution in [1.29, 1.82) is 0 Å². The molecule has 0 saturated carbocycles. The average molecular weight is 435 g/mol. The fourth-order valence-corrected chi connectivity index (χ4v) is 3.28. The minimum Gasteiger partial charge on any atom is -0.492 e. The highest BCUT2D eigenvalue weighted by molar-refractivity contribution is 7.80. The minimum atomic E-state index is 0.168. The van der Waals surface area contributed by atoms with Crippen LogP contribution in [0.2, 0.25) is 0 Å². The third kappa shape index (κ3) is 6.22. The topological polar surface area (TPSA) is 42.5 Å². The second-order valence-electron chi connectivity index (χ2n) is 7.90. The molecule has 0 heterocycles.